The van der Waals surface area contributed by atoms with Gasteiger partial charge in [-0.15, -0.1) is 0 Å². The normalized spacial score (nSPS) is 11.0. The van der Waals surface area contributed by atoms with Gasteiger partial charge in [-0.3, -0.25) is 0 Å². The molecule has 0 atom stereocenters. The van der Waals surface area contributed by atoms with E-state index in [4.69, 9.17) is 10.5 Å². The third-order valence-electron chi connectivity index (χ3n) is 4.27. The van der Waals surface area contributed by atoms with Gasteiger partial charge in [0.25, 0.3) is 0 Å². The zero-order valence-corrected chi connectivity index (χ0v) is 15.7. The molecule has 4 nitrogen and oxygen atoms in total. The van der Waals surface area contributed by atoms with E-state index in [1.807, 2.05) is 13.0 Å². The van der Waals surface area contributed by atoms with E-state index in [0.717, 1.165) is 24.2 Å². The monoisotopic (exact) mass is 327 g/mol. The Morgan fingerprint density at radius 2 is 1.62 bits per heavy atom. The zero-order valence-electron chi connectivity index (χ0n) is 15.7. The standard InChI is InChI=1S/C20H29N3O/c1-7-16(8-2)24-17-11-15(6)22-20(18(17)21)23-19-13(4)9-12(3)10-14(19)5/h9-11,16H,7-8,21H2,1-6H3,(H,22,23). The highest BCUT2D eigenvalue weighted by Gasteiger charge is 2.15. The number of nitrogens with one attached hydrogen (secondary N) is 1. The van der Waals surface area contributed by atoms with Crippen LogP contribution in [0.25, 0.3) is 0 Å². The van der Waals surface area contributed by atoms with E-state index in [1.54, 1.807) is 0 Å². The van der Waals surface area contributed by atoms with E-state index < -0.39 is 0 Å². The first-order chi connectivity index (χ1) is 11.3. The minimum atomic E-state index is 0.171. The summed E-state index contributed by atoms with van der Waals surface area (Å²) >= 11 is 0. The lowest BCUT2D eigenvalue weighted by Crippen LogP contribution is -2.15. The SMILES string of the molecule is CCC(CC)Oc1cc(C)nc(Nc2c(C)cc(C)cc2C)c1N. The maximum absolute atomic E-state index is 6.34. The van der Waals surface area contributed by atoms with Crippen molar-refractivity contribution >= 4 is 17.2 Å². The topological polar surface area (TPSA) is 60.2 Å². The second-order valence-corrected chi connectivity index (χ2v) is 6.48. The van der Waals surface area contributed by atoms with E-state index >= 15 is 0 Å². The molecule has 2 aromatic rings. The molecule has 0 radical (unpaired) electrons. The van der Waals surface area contributed by atoms with Crippen LogP contribution in [0.5, 0.6) is 5.75 Å². The number of benzene rings is 1. The summed E-state index contributed by atoms with van der Waals surface area (Å²) < 4.78 is 6.08. The first kappa shape index (κ1) is 18.1. The lowest BCUT2D eigenvalue weighted by molar-refractivity contribution is 0.194. The van der Waals surface area contributed by atoms with Gasteiger partial charge in [-0.25, -0.2) is 4.98 Å². The van der Waals surface area contributed by atoms with Crippen LogP contribution in [0.1, 0.15) is 49.1 Å². The number of nitrogens with zero attached hydrogens (tertiary/aromatic N) is 1. The van der Waals surface area contributed by atoms with Crippen molar-refractivity contribution in [3.63, 3.8) is 0 Å². The van der Waals surface area contributed by atoms with Crippen LogP contribution in [0.3, 0.4) is 0 Å². The molecule has 130 valence electrons. The van der Waals surface area contributed by atoms with Crippen LogP contribution < -0.4 is 15.8 Å². The summed E-state index contributed by atoms with van der Waals surface area (Å²) in [4.78, 5) is 4.58. The molecule has 24 heavy (non-hydrogen) atoms. The third kappa shape index (κ3) is 3.99. The maximum Gasteiger partial charge on any atom is 0.157 e. The van der Waals surface area contributed by atoms with Crippen LogP contribution in [-0.2, 0) is 0 Å². The summed E-state index contributed by atoms with van der Waals surface area (Å²) in [5, 5.41) is 3.41. The minimum Gasteiger partial charge on any atom is -0.488 e. The van der Waals surface area contributed by atoms with Crippen LogP contribution in [0.15, 0.2) is 18.2 Å². The van der Waals surface area contributed by atoms with Gasteiger partial charge in [0.15, 0.2) is 5.82 Å². The van der Waals surface area contributed by atoms with E-state index in [9.17, 15) is 0 Å². The van der Waals surface area contributed by atoms with Gasteiger partial charge in [-0.1, -0.05) is 31.5 Å². The molecule has 1 aromatic carbocycles. The van der Waals surface area contributed by atoms with Crippen molar-refractivity contribution in [2.45, 2.75) is 60.5 Å². The number of hydrogen-bond donors (Lipinski definition) is 2. The van der Waals surface area contributed by atoms with E-state index in [0.29, 0.717) is 17.3 Å². The Labute approximate surface area is 145 Å². The van der Waals surface area contributed by atoms with Crippen LogP contribution in [0.4, 0.5) is 17.2 Å². The minimum absolute atomic E-state index is 0.171. The van der Waals surface area contributed by atoms with E-state index in [-0.39, 0.29) is 6.10 Å². The highest BCUT2D eigenvalue weighted by atomic mass is 16.5. The second-order valence-electron chi connectivity index (χ2n) is 6.48. The molecule has 1 heterocycles. The second kappa shape index (κ2) is 7.56. The Morgan fingerprint density at radius 3 is 2.17 bits per heavy atom. The van der Waals surface area contributed by atoms with Crippen molar-refractivity contribution in [1.82, 2.24) is 4.98 Å². The van der Waals surface area contributed by atoms with Crippen molar-refractivity contribution in [1.29, 1.82) is 0 Å². The summed E-state index contributed by atoms with van der Waals surface area (Å²) in [5.41, 5.74) is 12.4. The average molecular weight is 327 g/mol. The highest BCUT2D eigenvalue weighted by Crippen LogP contribution is 2.34. The van der Waals surface area contributed by atoms with Gasteiger partial charge in [0.1, 0.15) is 11.4 Å². The Hall–Kier alpha value is -2.23. The van der Waals surface area contributed by atoms with E-state index in [1.165, 1.54) is 16.7 Å². The summed E-state index contributed by atoms with van der Waals surface area (Å²) in [5.74, 6) is 1.37. The maximum atomic E-state index is 6.34. The zero-order chi connectivity index (χ0) is 17.9. The van der Waals surface area contributed by atoms with Crippen molar-refractivity contribution in [2.75, 3.05) is 11.1 Å². The number of aryl methyl sites for hydroxylation is 4. The first-order valence-corrected chi connectivity index (χ1v) is 8.64. The highest BCUT2D eigenvalue weighted by molar-refractivity contribution is 5.76. The van der Waals surface area contributed by atoms with Crippen molar-refractivity contribution < 1.29 is 4.74 Å². The molecule has 2 rings (SSSR count). The number of nitrogen functional groups attached to an aromatic ring is 1. The average Bonchev–Trinajstić information content (AvgIpc) is 2.52. The van der Waals surface area contributed by atoms with Gasteiger partial charge in [-0.05, 0) is 51.7 Å². The van der Waals surface area contributed by atoms with Gasteiger partial charge < -0.3 is 15.8 Å². The van der Waals surface area contributed by atoms with Gasteiger partial charge in [0, 0.05) is 17.4 Å². The van der Waals surface area contributed by atoms with Gasteiger partial charge >= 0.3 is 0 Å². The molecule has 0 fully saturated rings. The number of nitrogens with two attached hydrogens (primary N) is 1. The van der Waals surface area contributed by atoms with Crippen molar-refractivity contribution in [3.05, 3.63) is 40.6 Å². The molecule has 0 amide bonds. The molecule has 0 bridgehead atoms. The number of aromatic nitrogens is 1. The first-order valence-electron chi connectivity index (χ1n) is 8.64. The molecule has 1 aromatic heterocycles. The molecule has 0 spiro atoms. The molecule has 0 unspecified atom stereocenters. The predicted octanol–water partition coefficient (Wildman–Crippen LogP) is 5.21. The molecule has 3 N–H and O–H groups in total. The smallest absolute Gasteiger partial charge is 0.157 e. The summed E-state index contributed by atoms with van der Waals surface area (Å²) in [6.07, 6.45) is 2.08. The Morgan fingerprint density at radius 1 is 1.04 bits per heavy atom. The number of hydrogen-bond acceptors (Lipinski definition) is 4. The van der Waals surface area contributed by atoms with Crippen LogP contribution in [0.2, 0.25) is 0 Å². The summed E-state index contributed by atoms with van der Waals surface area (Å²) in [6, 6.07) is 6.22. The number of ether oxygens (including phenoxy) is 1. The molecule has 0 saturated heterocycles. The fraction of sp³-hybridized carbons (Fsp3) is 0.450. The molecular formula is C20H29N3O. The van der Waals surface area contributed by atoms with Crippen molar-refractivity contribution in [2.24, 2.45) is 0 Å². The molecule has 0 saturated carbocycles. The van der Waals surface area contributed by atoms with Gasteiger partial charge in [-0.2, -0.15) is 0 Å². The summed E-state index contributed by atoms with van der Waals surface area (Å²) in [7, 11) is 0. The number of anilines is 3. The molecule has 0 aliphatic heterocycles. The Kier molecular flexibility index (Phi) is 5.71. The quantitative estimate of drug-likeness (QED) is 0.764. The Bertz CT molecular complexity index is 698. The van der Waals surface area contributed by atoms with Gasteiger partial charge in [0.2, 0.25) is 0 Å². The van der Waals surface area contributed by atoms with Crippen LogP contribution >= 0.6 is 0 Å². The van der Waals surface area contributed by atoms with E-state index in [2.05, 4.69) is 57.1 Å². The lowest BCUT2D eigenvalue weighted by Gasteiger charge is -2.20. The molecule has 0 aliphatic carbocycles. The number of rotatable bonds is 6. The number of pyridine rings is 1. The molecule has 0 aliphatic rings. The fourth-order valence-corrected chi connectivity index (χ4v) is 2.98. The third-order valence-corrected chi connectivity index (χ3v) is 4.27. The lowest BCUT2D eigenvalue weighted by atomic mass is 10.1. The van der Waals surface area contributed by atoms with Crippen LogP contribution in [0, 0.1) is 27.7 Å². The van der Waals surface area contributed by atoms with Gasteiger partial charge in [0.05, 0.1) is 6.10 Å². The predicted molar refractivity (Wildman–Crippen MR) is 102 cm³/mol. The summed E-state index contributed by atoms with van der Waals surface area (Å²) in [6.45, 7) is 12.5. The fourth-order valence-electron chi connectivity index (χ4n) is 2.98. The van der Waals surface area contributed by atoms with Crippen LogP contribution in [-0.4, -0.2) is 11.1 Å². The Balaban J connectivity index is 2.39. The molecular weight excluding hydrogens is 298 g/mol. The van der Waals surface area contributed by atoms with Crippen molar-refractivity contribution in [3.8, 4) is 5.75 Å². The largest absolute Gasteiger partial charge is 0.488 e. The molecule has 4 heteroatoms.